The standard InChI is InChI=1S/C14H14ClFN2O2S/c1-8-6-7-9(2)14(12(8)17)21(19,20)18-13-10(15)4-3-5-11(13)16/h3-7,18H,17H2,1-2H3. The number of nitrogens with one attached hydrogen (secondary N) is 1. The molecule has 0 saturated carbocycles. The van der Waals surface area contributed by atoms with Gasteiger partial charge in [0.05, 0.1) is 10.7 Å². The number of hydrogen-bond acceptors (Lipinski definition) is 3. The molecule has 0 spiro atoms. The predicted molar refractivity (Wildman–Crippen MR) is 82.5 cm³/mol. The summed E-state index contributed by atoms with van der Waals surface area (Å²) in [5.41, 5.74) is 6.79. The van der Waals surface area contributed by atoms with Crippen molar-refractivity contribution in [1.29, 1.82) is 0 Å². The second-order valence-electron chi connectivity index (χ2n) is 4.64. The Bertz CT molecular complexity index is 787. The maximum Gasteiger partial charge on any atom is 0.264 e. The van der Waals surface area contributed by atoms with Crippen molar-refractivity contribution < 1.29 is 12.8 Å². The minimum Gasteiger partial charge on any atom is -0.397 e. The molecule has 0 radical (unpaired) electrons. The number of sulfonamides is 1. The predicted octanol–water partition coefficient (Wildman–Crippen LogP) is 3.48. The summed E-state index contributed by atoms with van der Waals surface area (Å²) in [6.45, 7) is 3.32. The summed E-state index contributed by atoms with van der Waals surface area (Å²) in [4.78, 5) is -0.0678. The molecule has 2 aromatic carbocycles. The molecule has 0 heterocycles. The van der Waals surface area contributed by atoms with Gasteiger partial charge in [-0.1, -0.05) is 29.8 Å². The molecule has 4 nitrogen and oxygen atoms in total. The average Bonchev–Trinajstić information content (AvgIpc) is 2.39. The van der Waals surface area contributed by atoms with Crippen molar-refractivity contribution in [2.24, 2.45) is 0 Å². The summed E-state index contributed by atoms with van der Waals surface area (Å²) in [5.74, 6) is -0.755. The van der Waals surface area contributed by atoms with Crippen LogP contribution in [0.1, 0.15) is 11.1 Å². The number of halogens is 2. The van der Waals surface area contributed by atoms with Gasteiger partial charge < -0.3 is 5.73 Å². The number of nitrogens with two attached hydrogens (primary N) is 1. The number of rotatable bonds is 3. The molecular formula is C14H14ClFN2O2S. The number of anilines is 2. The van der Waals surface area contributed by atoms with Crippen LogP contribution in [-0.2, 0) is 10.0 Å². The Morgan fingerprint density at radius 3 is 2.38 bits per heavy atom. The largest absolute Gasteiger partial charge is 0.397 e. The summed E-state index contributed by atoms with van der Waals surface area (Å²) in [6.07, 6.45) is 0. The molecule has 0 aliphatic heterocycles. The van der Waals surface area contributed by atoms with Gasteiger partial charge in [0.15, 0.2) is 0 Å². The van der Waals surface area contributed by atoms with Crippen LogP contribution in [0.4, 0.5) is 15.8 Å². The minimum absolute atomic E-state index is 0.0255. The van der Waals surface area contributed by atoms with E-state index in [0.29, 0.717) is 11.1 Å². The van der Waals surface area contributed by atoms with E-state index < -0.39 is 15.8 Å². The Kier molecular flexibility index (Phi) is 4.11. The van der Waals surface area contributed by atoms with Crippen LogP contribution < -0.4 is 10.5 Å². The zero-order valence-electron chi connectivity index (χ0n) is 11.4. The number of para-hydroxylation sites is 1. The van der Waals surface area contributed by atoms with E-state index in [4.69, 9.17) is 17.3 Å². The molecule has 2 rings (SSSR count). The lowest BCUT2D eigenvalue weighted by atomic mass is 10.1. The maximum atomic E-state index is 13.7. The molecular weight excluding hydrogens is 315 g/mol. The first kappa shape index (κ1) is 15.6. The lowest BCUT2D eigenvalue weighted by Gasteiger charge is -2.15. The average molecular weight is 329 g/mol. The Balaban J connectivity index is 2.57. The zero-order chi connectivity index (χ0) is 15.8. The van der Waals surface area contributed by atoms with Gasteiger partial charge in [-0.25, -0.2) is 12.8 Å². The minimum atomic E-state index is -4.04. The third-order valence-electron chi connectivity index (χ3n) is 3.08. The maximum absolute atomic E-state index is 13.7. The molecule has 0 atom stereocenters. The molecule has 0 bridgehead atoms. The molecule has 0 aliphatic rings. The smallest absolute Gasteiger partial charge is 0.264 e. The van der Waals surface area contributed by atoms with Crippen LogP contribution in [-0.4, -0.2) is 8.42 Å². The van der Waals surface area contributed by atoms with Crippen molar-refractivity contribution in [3.8, 4) is 0 Å². The van der Waals surface area contributed by atoms with Gasteiger partial charge in [-0.05, 0) is 37.1 Å². The highest BCUT2D eigenvalue weighted by atomic mass is 35.5. The fraction of sp³-hybridized carbons (Fsp3) is 0.143. The summed E-state index contributed by atoms with van der Waals surface area (Å²) < 4.78 is 40.9. The number of aryl methyl sites for hydroxylation is 2. The van der Waals surface area contributed by atoms with E-state index in [1.807, 2.05) is 0 Å². The van der Waals surface area contributed by atoms with Crippen LogP contribution in [0, 0.1) is 19.7 Å². The zero-order valence-corrected chi connectivity index (χ0v) is 13.0. The van der Waals surface area contributed by atoms with E-state index in [1.165, 1.54) is 12.1 Å². The van der Waals surface area contributed by atoms with Gasteiger partial charge in [-0.3, -0.25) is 4.72 Å². The van der Waals surface area contributed by atoms with E-state index in [9.17, 15) is 12.8 Å². The highest BCUT2D eigenvalue weighted by Gasteiger charge is 2.23. The van der Waals surface area contributed by atoms with Crippen LogP contribution in [0.15, 0.2) is 35.2 Å². The van der Waals surface area contributed by atoms with E-state index in [2.05, 4.69) is 4.72 Å². The van der Waals surface area contributed by atoms with Gasteiger partial charge in [-0.2, -0.15) is 0 Å². The number of nitrogen functional groups attached to an aromatic ring is 1. The van der Waals surface area contributed by atoms with Crippen molar-refractivity contribution in [3.63, 3.8) is 0 Å². The molecule has 0 saturated heterocycles. The van der Waals surface area contributed by atoms with Gasteiger partial charge in [0.1, 0.15) is 16.4 Å². The Labute approximate surface area is 127 Å². The lowest BCUT2D eigenvalue weighted by Crippen LogP contribution is -2.18. The second kappa shape index (κ2) is 5.54. The first-order valence-corrected chi connectivity index (χ1v) is 7.92. The van der Waals surface area contributed by atoms with Crippen molar-refractivity contribution in [3.05, 3.63) is 52.3 Å². The summed E-state index contributed by atoms with van der Waals surface area (Å²) in [7, 11) is -4.04. The van der Waals surface area contributed by atoms with Crippen LogP contribution >= 0.6 is 11.6 Å². The summed E-state index contributed by atoms with van der Waals surface area (Å²) >= 11 is 5.84. The van der Waals surface area contributed by atoms with Gasteiger partial charge in [0, 0.05) is 0 Å². The molecule has 0 aromatic heterocycles. The fourth-order valence-corrected chi connectivity index (χ4v) is 3.73. The van der Waals surface area contributed by atoms with Crippen molar-refractivity contribution >= 4 is 33.0 Å². The molecule has 0 amide bonds. The van der Waals surface area contributed by atoms with Gasteiger partial charge in [-0.15, -0.1) is 0 Å². The van der Waals surface area contributed by atoms with Crippen LogP contribution in [0.5, 0.6) is 0 Å². The Morgan fingerprint density at radius 1 is 1.14 bits per heavy atom. The van der Waals surface area contributed by atoms with E-state index >= 15 is 0 Å². The normalized spacial score (nSPS) is 11.4. The van der Waals surface area contributed by atoms with Crippen LogP contribution in [0.2, 0.25) is 5.02 Å². The first-order chi connectivity index (χ1) is 9.74. The van der Waals surface area contributed by atoms with Crippen molar-refractivity contribution in [2.75, 3.05) is 10.5 Å². The molecule has 112 valence electrons. The second-order valence-corrected chi connectivity index (χ2v) is 6.67. The number of hydrogen-bond donors (Lipinski definition) is 2. The highest BCUT2D eigenvalue weighted by Crippen LogP contribution is 2.31. The molecule has 0 fully saturated rings. The summed E-state index contributed by atoms with van der Waals surface area (Å²) in [5, 5.41) is -0.0255. The third kappa shape index (κ3) is 2.96. The monoisotopic (exact) mass is 328 g/mol. The Hall–Kier alpha value is -1.79. The van der Waals surface area contributed by atoms with Crippen LogP contribution in [0.3, 0.4) is 0 Å². The molecule has 21 heavy (non-hydrogen) atoms. The van der Waals surface area contributed by atoms with Crippen molar-refractivity contribution in [2.45, 2.75) is 18.7 Å². The van der Waals surface area contributed by atoms with Gasteiger partial charge in [0.25, 0.3) is 10.0 Å². The van der Waals surface area contributed by atoms with Crippen molar-refractivity contribution in [1.82, 2.24) is 0 Å². The quantitative estimate of drug-likeness (QED) is 0.847. The van der Waals surface area contributed by atoms with E-state index in [-0.39, 0.29) is 21.3 Å². The highest BCUT2D eigenvalue weighted by molar-refractivity contribution is 7.93. The van der Waals surface area contributed by atoms with Crippen LogP contribution in [0.25, 0.3) is 0 Å². The van der Waals surface area contributed by atoms with Gasteiger partial charge in [0.2, 0.25) is 0 Å². The third-order valence-corrected chi connectivity index (χ3v) is 4.95. The Morgan fingerprint density at radius 2 is 1.76 bits per heavy atom. The SMILES string of the molecule is Cc1ccc(C)c(S(=O)(=O)Nc2c(F)cccc2Cl)c1N. The van der Waals surface area contributed by atoms with E-state index in [1.54, 1.807) is 26.0 Å². The lowest BCUT2D eigenvalue weighted by molar-refractivity contribution is 0.598. The molecule has 3 N–H and O–H groups in total. The molecule has 7 heteroatoms. The molecule has 0 aliphatic carbocycles. The summed E-state index contributed by atoms with van der Waals surface area (Å²) in [6, 6.07) is 7.27. The topological polar surface area (TPSA) is 72.2 Å². The van der Waals surface area contributed by atoms with E-state index in [0.717, 1.165) is 6.07 Å². The fourth-order valence-electron chi connectivity index (χ4n) is 1.94. The molecule has 0 unspecified atom stereocenters. The molecule has 2 aromatic rings. The number of benzene rings is 2. The first-order valence-electron chi connectivity index (χ1n) is 6.06. The van der Waals surface area contributed by atoms with Gasteiger partial charge >= 0.3 is 0 Å².